The molecule has 4 rings (SSSR count). The first-order valence-electron chi connectivity index (χ1n) is 14.5. The summed E-state index contributed by atoms with van der Waals surface area (Å²) in [5, 5.41) is 9.02. The Morgan fingerprint density at radius 3 is 2.33 bits per heavy atom. The number of fused-ring (bicyclic) bond motifs is 3. The zero-order chi connectivity index (χ0) is 31.5. The van der Waals surface area contributed by atoms with Gasteiger partial charge in [-0.1, -0.05) is 26.3 Å². The second kappa shape index (κ2) is 13.2. The molecule has 2 amide bonds. The topological polar surface area (TPSA) is 149 Å². The Morgan fingerprint density at radius 2 is 1.74 bits per heavy atom. The molecule has 43 heavy (non-hydrogen) atoms. The number of nitrogens with one attached hydrogen (secondary N) is 3. The van der Waals surface area contributed by atoms with Gasteiger partial charge in [0, 0.05) is 18.5 Å². The third kappa shape index (κ3) is 6.90. The van der Waals surface area contributed by atoms with Crippen LogP contribution in [-0.4, -0.2) is 65.2 Å². The molecule has 2 aliphatic rings. The van der Waals surface area contributed by atoms with Crippen molar-refractivity contribution in [1.82, 2.24) is 10.6 Å². The SMILES string of the molecule is CCC(C)C(Nc1ccc2c(cc1=O)C(NC(C)=O)CCc1cc(OC)c(OC)c(OC)c1-2)C(=O)NC1CCS(=O)(=O)C1. The number of rotatable bonds is 10. The van der Waals surface area contributed by atoms with Gasteiger partial charge in [0.2, 0.25) is 23.0 Å². The lowest BCUT2D eigenvalue weighted by molar-refractivity contribution is -0.123. The molecule has 1 saturated heterocycles. The molecule has 4 atom stereocenters. The fourth-order valence-electron chi connectivity index (χ4n) is 5.90. The van der Waals surface area contributed by atoms with Gasteiger partial charge in [-0.3, -0.25) is 14.4 Å². The molecule has 1 aliphatic heterocycles. The average molecular weight is 616 g/mol. The number of carbonyl (C=O) groups is 2. The minimum Gasteiger partial charge on any atom is -0.493 e. The smallest absolute Gasteiger partial charge is 0.243 e. The molecule has 11 nitrogen and oxygen atoms in total. The Balaban J connectivity index is 1.83. The van der Waals surface area contributed by atoms with Crippen molar-refractivity contribution in [3.63, 3.8) is 0 Å². The maximum absolute atomic E-state index is 13.8. The normalized spacial score (nSPS) is 20.0. The minimum absolute atomic E-state index is 0.0429. The van der Waals surface area contributed by atoms with Crippen molar-refractivity contribution in [2.24, 2.45) is 5.92 Å². The summed E-state index contributed by atoms with van der Waals surface area (Å²) in [5.41, 5.74) is 2.76. The highest BCUT2D eigenvalue weighted by molar-refractivity contribution is 7.91. The van der Waals surface area contributed by atoms with E-state index in [1.165, 1.54) is 27.2 Å². The number of anilines is 1. The number of hydrogen-bond acceptors (Lipinski definition) is 9. The lowest BCUT2D eigenvalue weighted by Crippen LogP contribution is -2.48. The van der Waals surface area contributed by atoms with Crippen molar-refractivity contribution in [3.05, 3.63) is 45.6 Å². The Hall–Kier alpha value is -3.80. The van der Waals surface area contributed by atoms with E-state index >= 15 is 0 Å². The number of amides is 2. The monoisotopic (exact) mass is 615 g/mol. The maximum atomic E-state index is 13.8. The van der Waals surface area contributed by atoms with E-state index in [1.807, 2.05) is 19.9 Å². The van der Waals surface area contributed by atoms with E-state index in [0.29, 0.717) is 54.1 Å². The standard InChI is InChI=1S/C31H41N3O8S/c1-7-17(2)28(31(37)33-20-12-13-43(38,39)16-20)34-24-11-9-21-22(15-25(24)36)23(32-18(3)35)10-8-19-14-26(40-4)29(41-5)30(42-6)27(19)21/h9,11,14-15,17,20,23,28H,7-8,10,12-13,16H2,1-6H3,(H,32,35)(H,33,37)(H,34,36). The number of methoxy groups -OCH3 is 3. The Morgan fingerprint density at radius 1 is 1.02 bits per heavy atom. The second-order valence-corrected chi connectivity index (χ2v) is 13.4. The summed E-state index contributed by atoms with van der Waals surface area (Å²) in [7, 11) is 1.43. The van der Waals surface area contributed by atoms with Gasteiger partial charge >= 0.3 is 0 Å². The lowest BCUT2D eigenvalue weighted by Gasteiger charge is -2.25. The number of carbonyl (C=O) groups excluding carboxylic acids is 2. The summed E-state index contributed by atoms with van der Waals surface area (Å²) >= 11 is 0. The number of hydrogen-bond donors (Lipinski definition) is 3. The molecule has 0 spiro atoms. The van der Waals surface area contributed by atoms with Gasteiger partial charge < -0.3 is 30.2 Å². The highest BCUT2D eigenvalue weighted by Crippen LogP contribution is 2.50. The van der Waals surface area contributed by atoms with Gasteiger partial charge in [-0.25, -0.2) is 8.42 Å². The van der Waals surface area contributed by atoms with Crippen LogP contribution in [0.25, 0.3) is 11.1 Å². The van der Waals surface area contributed by atoms with Crippen LogP contribution in [0.2, 0.25) is 0 Å². The summed E-state index contributed by atoms with van der Waals surface area (Å²) in [6.45, 7) is 5.28. The van der Waals surface area contributed by atoms with Gasteiger partial charge in [-0.2, -0.15) is 0 Å². The lowest BCUT2D eigenvalue weighted by atomic mass is 9.95. The molecule has 2 aromatic carbocycles. The van der Waals surface area contributed by atoms with Crippen molar-refractivity contribution in [2.45, 2.75) is 64.6 Å². The highest BCUT2D eigenvalue weighted by atomic mass is 32.2. The van der Waals surface area contributed by atoms with Crippen LogP contribution in [0.5, 0.6) is 17.2 Å². The maximum Gasteiger partial charge on any atom is 0.243 e. The number of aryl methyl sites for hydroxylation is 1. The third-order valence-electron chi connectivity index (χ3n) is 8.30. The average Bonchev–Trinajstić information content (AvgIpc) is 3.14. The Labute approximate surface area is 252 Å². The van der Waals surface area contributed by atoms with Crippen molar-refractivity contribution in [3.8, 4) is 28.4 Å². The van der Waals surface area contributed by atoms with Crippen LogP contribution in [0.1, 0.15) is 57.2 Å². The summed E-state index contributed by atoms with van der Waals surface area (Å²) in [5.74, 6) is 0.549. The highest BCUT2D eigenvalue weighted by Gasteiger charge is 2.33. The third-order valence-corrected chi connectivity index (χ3v) is 10.1. The second-order valence-electron chi connectivity index (χ2n) is 11.2. The molecule has 1 aliphatic carbocycles. The van der Waals surface area contributed by atoms with Gasteiger partial charge in [0.15, 0.2) is 21.3 Å². The summed E-state index contributed by atoms with van der Waals surface area (Å²) in [6, 6.07) is 5.11. The molecule has 4 unspecified atom stereocenters. The van der Waals surface area contributed by atoms with Crippen molar-refractivity contribution < 1.29 is 32.2 Å². The van der Waals surface area contributed by atoms with E-state index in [-0.39, 0.29) is 40.4 Å². The predicted molar refractivity (Wildman–Crippen MR) is 165 cm³/mol. The number of sulfone groups is 1. The van der Waals surface area contributed by atoms with Crippen molar-refractivity contribution in [1.29, 1.82) is 0 Å². The predicted octanol–water partition coefficient (Wildman–Crippen LogP) is 2.99. The van der Waals surface area contributed by atoms with Gasteiger partial charge in [0.1, 0.15) is 6.04 Å². The molecule has 3 N–H and O–H groups in total. The fourth-order valence-corrected chi connectivity index (χ4v) is 7.57. The molecule has 0 saturated carbocycles. The molecule has 0 bridgehead atoms. The molecular weight excluding hydrogens is 574 g/mol. The molecule has 0 aromatic heterocycles. The molecule has 234 valence electrons. The van der Waals surface area contributed by atoms with Crippen LogP contribution in [0.15, 0.2) is 29.1 Å². The Kier molecular flexibility index (Phi) is 9.89. The quantitative estimate of drug-likeness (QED) is 0.367. The van der Waals surface area contributed by atoms with Crippen molar-refractivity contribution >= 4 is 27.3 Å². The van der Waals surface area contributed by atoms with Crippen LogP contribution in [-0.2, 0) is 25.8 Å². The van der Waals surface area contributed by atoms with Crippen LogP contribution < -0.4 is 35.6 Å². The molecule has 1 fully saturated rings. The van der Waals surface area contributed by atoms with E-state index in [0.717, 1.165) is 11.1 Å². The van der Waals surface area contributed by atoms with Crippen LogP contribution >= 0.6 is 0 Å². The van der Waals surface area contributed by atoms with E-state index in [4.69, 9.17) is 14.2 Å². The van der Waals surface area contributed by atoms with E-state index in [1.54, 1.807) is 19.2 Å². The summed E-state index contributed by atoms with van der Waals surface area (Å²) in [4.78, 5) is 39.4. The number of benzene rings is 1. The molecule has 0 radical (unpaired) electrons. The van der Waals surface area contributed by atoms with Crippen LogP contribution in [0.4, 0.5) is 5.69 Å². The van der Waals surface area contributed by atoms with E-state index < -0.39 is 28.0 Å². The zero-order valence-electron chi connectivity index (χ0n) is 25.5. The van der Waals surface area contributed by atoms with Crippen LogP contribution in [0, 0.1) is 5.92 Å². The van der Waals surface area contributed by atoms with Gasteiger partial charge in [-0.05, 0) is 60.1 Å². The fraction of sp³-hybridized carbons (Fsp3) is 0.516. The van der Waals surface area contributed by atoms with Gasteiger partial charge in [0.25, 0.3) is 0 Å². The molecule has 1 heterocycles. The van der Waals surface area contributed by atoms with Crippen molar-refractivity contribution in [2.75, 3.05) is 38.2 Å². The zero-order valence-corrected chi connectivity index (χ0v) is 26.4. The van der Waals surface area contributed by atoms with Gasteiger partial charge in [0.05, 0.1) is 44.6 Å². The largest absolute Gasteiger partial charge is 0.493 e. The van der Waals surface area contributed by atoms with E-state index in [9.17, 15) is 22.8 Å². The number of ether oxygens (including phenoxy) is 3. The van der Waals surface area contributed by atoms with Crippen LogP contribution in [0.3, 0.4) is 0 Å². The first kappa shape index (κ1) is 32.1. The van der Waals surface area contributed by atoms with E-state index in [2.05, 4.69) is 16.0 Å². The molecule has 2 aromatic rings. The Bertz CT molecular complexity index is 1560. The first-order valence-corrected chi connectivity index (χ1v) is 16.3. The summed E-state index contributed by atoms with van der Waals surface area (Å²) < 4.78 is 41.0. The first-order chi connectivity index (χ1) is 20.4. The minimum atomic E-state index is -3.18. The van der Waals surface area contributed by atoms with Gasteiger partial charge in [-0.15, -0.1) is 0 Å². The summed E-state index contributed by atoms with van der Waals surface area (Å²) in [6.07, 6.45) is 2.10. The molecular formula is C31H41N3O8S. The molecule has 12 heteroatoms.